The fraction of sp³-hybridized carbons (Fsp3) is 0.880. The van der Waals surface area contributed by atoms with E-state index in [0.717, 1.165) is 12.8 Å². The van der Waals surface area contributed by atoms with Gasteiger partial charge in [0.05, 0.1) is 0 Å². The maximum absolute atomic E-state index is 5.16. The first-order valence-electron chi connectivity index (χ1n) is 12.9. The zero-order valence-corrected chi connectivity index (χ0v) is 20.9. The topological polar surface area (TPSA) is 48.8 Å². The summed E-state index contributed by atoms with van der Waals surface area (Å²) in [7, 11) is 0. The van der Waals surface area contributed by atoms with Gasteiger partial charge in [-0.3, -0.25) is 10.9 Å². The molecule has 2 N–H and O–H groups in total. The zero-order valence-electron chi connectivity index (χ0n) is 20.1. The predicted octanol–water partition coefficient (Wildman–Crippen LogP) is 8.26. The number of thiocarbonyl (C=S) groups is 1. The molecule has 176 valence electrons. The van der Waals surface area contributed by atoms with Gasteiger partial charge in [-0.15, -0.1) is 0 Å². The van der Waals surface area contributed by atoms with Crippen molar-refractivity contribution >= 4 is 29.8 Å². The molecule has 30 heavy (non-hydrogen) atoms. The summed E-state index contributed by atoms with van der Waals surface area (Å²) < 4.78 is 0. The van der Waals surface area contributed by atoms with Gasteiger partial charge in [-0.2, -0.15) is 10.2 Å². The molecule has 0 saturated carbocycles. The van der Waals surface area contributed by atoms with Crippen LogP contribution in [-0.2, 0) is 0 Å². The van der Waals surface area contributed by atoms with E-state index in [1.165, 1.54) is 116 Å². The highest BCUT2D eigenvalue weighted by molar-refractivity contribution is 7.80. The van der Waals surface area contributed by atoms with Crippen LogP contribution in [-0.4, -0.2) is 17.5 Å². The van der Waals surface area contributed by atoms with E-state index in [1.807, 2.05) is 12.4 Å². The minimum Gasteiger partial charge on any atom is -0.253 e. The van der Waals surface area contributed by atoms with Crippen molar-refractivity contribution in [1.82, 2.24) is 10.9 Å². The normalized spacial score (nSPS) is 11.5. The molecule has 0 saturated heterocycles. The molecule has 0 aliphatic rings. The number of hydrogen-bond donors (Lipinski definition) is 2. The minimum atomic E-state index is 0.460. The van der Waals surface area contributed by atoms with Crippen LogP contribution in [0.25, 0.3) is 0 Å². The van der Waals surface area contributed by atoms with Gasteiger partial charge in [-0.1, -0.05) is 117 Å². The molecule has 0 aliphatic heterocycles. The number of hydrazone groups is 2. The maximum atomic E-state index is 5.16. The van der Waals surface area contributed by atoms with E-state index >= 15 is 0 Å². The number of nitrogens with zero attached hydrogens (tertiary/aromatic N) is 2. The quantitative estimate of drug-likeness (QED) is 0.0773. The van der Waals surface area contributed by atoms with Crippen LogP contribution in [0.5, 0.6) is 0 Å². The van der Waals surface area contributed by atoms with Gasteiger partial charge < -0.3 is 0 Å². The Morgan fingerprint density at radius 2 is 0.833 bits per heavy atom. The van der Waals surface area contributed by atoms with Crippen molar-refractivity contribution < 1.29 is 0 Å². The monoisotopic (exact) mass is 438 g/mol. The smallest absolute Gasteiger partial charge is 0.207 e. The van der Waals surface area contributed by atoms with E-state index in [-0.39, 0.29) is 0 Å². The lowest BCUT2D eigenvalue weighted by Gasteiger charge is -2.02. The van der Waals surface area contributed by atoms with Crippen molar-refractivity contribution in [1.29, 1.82) is 0 Å². The first-order chi connectivity index (χ1) is 14.8. The zero-order chi connectivity index (χ0) is 22.0. The molecule has 0 spiro atoms. The fourth-order valence-corrected chi connectivity index (χ4v) is 3.56. The van der Waals surface area contributed by atoms with Gasteiger partial charge in [-0.05, 0) is 37.9 Å². The first-order valence-corrected chi connectivity index (χ1v) is 13.3. The molecule has 0 atom stereocenters. The van der Waals surface area contributed by atoms with Crippen LogP contribution < -0.4 is 10.9 Å². The summed E-state index contributed by atoms with van der Waals surface area (Å²) in [5.41, 5.74) is 5.66. The second-order valence-corrected chi connectivity index (χ2v) is 8.82. The molecule has 0 fully saturated rings. The Balaban J connectivity index is 3.32. The third-order valence-electron chi connectivity index (χ3n) is 5.39. The predicted molar refractivity (Wildman–Crippen MR) is 140 cm³/mol. The van der Waals surface area contributed by atoms with E-state index in [1.54, 1.807) is 0 Å². The highest BCUT2D eigenvalue weighted by Gasteiger charge is 1.93. The molecule has 4 nitrogen and oxygen atoms in total. The van der Waals surface area contributed by atoms with Crippen molar-refractivity contribution in [2.75, 3.05) is 0 Å². The number of unbranched alkanes of at least 4 members (excludes halogenated alkanes) is 18. The van der Waals surface area contributed by atoms with E-state index in [9.17, 15) is 0 Å². The van der Waals surface area contributed by atoms with Gasteiger partial charge in [0, 0.05) is 12.4 Å². The Morgan fingerprint density at radius 3 is 1.17 bits per heavy atom. The Hall–Kier alpha value is -0.970. The lowest BCUT2D eigenvalue weighted by Crippen LogP contribution is -2.28. The lowest BCUT2D eigenvalue weighted by molar-refractivity contribution is 0.568. The molecule has 0 aromatic rings. The van der Waals surface area contributed by atoms with E-state index in [4.69, 9.17) is 12.2 Å². The van der Waals surface area contributed by atoms with Crippen LogP contribution in [0.15, 0.2) is 10.2 Å². The Kier molecular flexibility index (Phi) is 25.2. The van der Waals surface area contributed by atoms with Gasteiger partial charge in [0.15, 0.2) is 0 Å². The van der Waals surface area contributed by atoms with Crippen LogP contribution in [0.4, 0.5) is 0 Å². The highest BCUT2D eigenvalue weighted by Crippen LogP contribution is 2.10. The van der Waals surface area contributed by atoms with E-state index < -0.39 is 0 Å². The molecule has 0 rings (SSSR count). The molecule has 0 heterocycles. The van der Waals surface area contributed by atoms with Gasteiger partial charge in [0.25, 0.3) is 0 Å². The van der Waals surface area contributed by atoms with Gasteiger partial charge >= 0.3 is 0 Å². The molecule has 0 bridgehead atoms. The Morgan fingerprint density at radius 1 is 0.533 bits per heavy atom. The lowest BCUT2D eigenvalue weighted by atomic mass is 10.1. The summed E-state index contributed by atoms with van der Waals surface area (Å²) in [6.07, 6.45) is 30.2. The Bertz CT molecular complexity index is 374. The molecular weight excluding hydrogens is 388 g/mol. The molecule has 0 amide bonds. The summed E-state index contributed by atoms with van der Waals surface area (Å²) in [5, 5.41) is 8.78. The third-order valence-corrected chi connectivity index (χ3v) is 5.57. The highest BCUT2D eigenvalue weighted by atomic mass is 32.1. The summed E-state index contributed by atoms with van der Waals surface area (Å²) in [6, 6.07) is 0. The summed E-state index contributed by atoms with van der Waals surface area (Å²) in [4.78, 5) is 0. The molecule has 0 aromatic carbocycles. The number of nitrogens with one attached hydrogen (secondary N) is 2. The summed E-state index contributed by atoms with van der Waals surface area (Å²) in [5.74, 6) is 0. The van der Waals surface area contributed by atoms with Crippen molar-refractivity contribution in [3.8, 4) is 0 Å². The number of hydrogen-bond acceptors (Lipinski definition) is 3. The average molecular weight is 439 g/mol. The average Bonchev–Trinajstić information content (AvgIpc) is 2.75. The summed E-state index contributed by atoms with van der Waals surface area (Å²) >= 11 is 5.16. The van der Waals surface area contributed by atoms with Crippen LogP contribution in [0.2, 0.25) is 0 Å². The van der Waals surface area contributed by atoms with Crippen LogP contribution in [0, 0.1) is 0 Å². The SMILES string of the molecule is CCCCCCCCCCC/C=N\NC(=S)N/N=C/CCCCCCCCCCC. The second-order valence-electron chi connectivity index (χ2n) is 8.41. The van der Waals surface area contributed by atoms with Crippen molar-refractivity contribution in [3.05, 3.63) is 0 Å². The van der Waals surface area contributed by atoms with Crippen molar-refractivity contribution in [2.45, 2.75) is 142 Å². The molecule has 5 heteroatoms. The van der Waals surface area contributed by atoms with E-state index in [0.29, 0.717) is 5.11 Å². The standard InChI is InChI=1S/C25H50N4S/c1-3-5-7-9-11-13-15-17-19-21-23-26-28-25(30)29-27-24-22-20-18-16-14-12-10-8-6-4-2/h23-24H,3-22H2,1-2H3,(H2,28,29,30)/b26-23-,27-24+. The van der Waals surface area contributed by atoms with Crippen molar-refractivity contribution in [3.63, 3.8) is 0 Å². The molecule has 0 unspecified atom stereocenters. The van der Waals surface area contributed by atoms with Gasteiger partial charge in [0.1, 0.15) is 0 Å². The van der Waals surface area contributed by atoms with Crippen LogP contribution in [0.1, 0.15) is 142 Å². The number of rotatable bonds is 22. The molecule has 0 aliphatic carbocycles. The Labute approximate surface area is 193 Å². The van der Waals surface area contributed by atoms with Crippen LogP contribution in [0.3, 0.4) is 0 Å². The molecule has 0 aromatic heterocycles. The second kappa shape index (κ2) is 26.1. The fourth-order valence-electron chi connectivity index (χ4n) is 3.46. The largest absolute Gasteiger partial charge is 0.253 e. The van der Waals surface area contributed by atoms with Gasteiger partial charge in [0.2, 0.25) is 5.11 Å². The van der Waals surface area contributed by atoms with Crippen LogP contribution >= 0.6 is 12.2 Å². The summed E-state index contributed by atoms with van der Waals surface area (Å²) in [6.45, 7) is 4.54. The molecule has 0 radical (unpaired) electrons. The van der Waals surface area contributed by atoms with E-state index in [2.05, 4.69) is 34.9 Å². The van der Waals surface area contributed by atoms with Crippen molar-refractivity contribution in [2.24, 2.45) is 10.2 Å². The van der Waals surface area contributed by atoms with Gasteiger partial charge in [-0.25, -0.2) is 0 Å². The first kappa shape index (κ1) is 29.0. The maximum Gasteiger partial charge on any atom is 0.207 e. The minimum absolute atomic E-state index is 0.460. The molecular formula is C25H50N4S. The third kappa shape index (κ3) is 25.1.